The monoisotopic (exact) mass is 225 g/mol. The molecule has 0 amide bonds. The Labute approximate surface area is 96.0 Å². The van der Waals surface area contributed by atoms with Crippen molar-refractivity contribution < 1.29 is 9.47 Å². The van der Waals surface area contributed by atoms with Gasteiger partial charge in [0.2, 0.25) is 5.88 Å². The number of nitrogens with one attached hydrogen (secondary N) is 1. The molecule has 1 aromatic rings. The number of nitrogen functional groups attached to an aromatic ring is 1. The fourth-order valence-corrected chi connectivity index (χ4v) is 1.33. The minimum atomic E-state index is 0.190. The Morgan fingerprint density at radius 1 is 1.50 bits per heavy atom. The molecule has 0 bridgehead atoms. The van der Waals surface area contributed by atoms with Crippen LogP contribution in [0.3, 0.4) is 0 Å². The first-order valence-electron chi connectivity index (χ1n) is 5.32. The first-order valence-corrected chi connectivity index (χ1v) is 5.32. The number of rotatable bonds is 6. The number of hydrogen-bond donors (Lipinski definition) is 2. The smallest absolute Gasteiger partial charge is 0.239 e. The largest absolute Gasteiger partial charge is 0.476 e. The van der Waals surface area contributed by atoms with Gasteiger partial charge in [-0.05, 0) is 26.0 Å². The van der Waals surface area contributed by atoms with Crippen molar-refractivity contribution in [1.82, 2.24) is 4.98 Å². The molecular formula is C11H19N3O2. The Bertz CT molecular complexity index is 331. The molecule has 5 nitrogen and oxygen atoms in total. The summed E-state index contributed by atoms with van der Waals surface area (Å²) in [4.78, 5) is 4.27. The second-order valence-electron chi connectivity index (χ2n) is 3.52. The van der Waals surface area contributed by atoms with Crippen LogP contribution in [-0.4, -0.2) is 31.3 Å². The van der Waals surface area contributed by atoms with Crippen molar-refractivity contribution in [1.29, 1.82) is 0 Å². The molecule has 0 spiro atoms. The second kappa shape index (κ2) is 6.17. The number of hydrogen-bond acceptors (Lipinski definition) is 5. The predicted molar refractivity (Wildman–Crippen MR) is 64.8 cm³/mol. The third-order valence-electron chi connectivity index (χ3n) is 1.98. The van der Waals surface area contributed by atoms with Crippen LogP contribution in [0.4, 0.5) is 11.5 Å². The third kappa shape index (κ3) is 3.58. The molecule has 0 fully saturated rings. The van der Waals surface area contributed by atoms with Gasteiger partial charge in [0, 0.05) is 13.2 Å². The molecule has 1 unspecified atom stereocenters. The normalized spacial score (nSPS) is 12.2. The van der Waals surface area contributed by atoms with Crippen LogP contribution in [0.5, 0.6) is 5.88 Å². The molecule has 0 aliphatic heterocycles. The molecule has 0 aliphatic carbocycles. The van der Waals surface area contributed by atoms with Crippen molar-refractivity contribution in [2.45, 2.75) is 19.9 Å². The van der Waals surface area contributed by atoms with Gasteiger partial charge in [-0.25, -0.2) is 0 Å². The summed E-state index contributed by atoms with van der Waals surface area (Å²) in [6.45, 7) is 5.08. The molecule has 1 rings (SSSR count). The van der Waals surface area contributed by atoms with E-state index in [1.54, 1.807) is 13.2 Å². The van der Waals surface area contributed by atoms with E-state index in [1.165, 1.54) is 0 Å². The maximum atomic E-state index is 5.73. The van der Waals surface area contributed by atoms with Crippen LogP contribution in [0, 0.1) is 0 Å². The molecule has 1 atom stereocenters. The first kappa shape index (κ1) is 12.6. The Morgan fingerprint density at radius 2 is 2.25 bits per heavy atom. The van der Waals surface area contributed by atoms with E-state index in [0.717, 1.165) is 5.82 Å². The fraction of sp³-hybridized carbons (Fsp3) is 0.545. The lowest BCUT2D eigenvalue weighted by atomic mass is 10.3. The molecule has 1 aromatic heterocycles. The standard InChI is InChI=1S/C11H19N3O2/c1-4-16-11-9(12)5-6-10(14-11)13-8(2)7-15-3/h5-6,8H,4,7,12H2,1-3H3,(H,13,14). The van der Waals surface area contributed by atoms with Gasteiger partial charge in [0.15, 0.2) is 0 Å². The van der Waals surface area contributed by atoms with E-state index in [1.807, 2.05) is 19.9 Å². The van der Waals surface area contributed by atoms with Crippen molar-refractivity contribution >= 4 is 11.5 Å². The molecule has 5 heteroatoms. The molecule has 0 radical (unpaired) electrons. The van der Waals surface area contributed by atoms with Gasteiger partial charge in [0.05, 0.1) is 18.9 Å². The van der Waals surface area contributed by atoms with Gasteiger partial charge in [-0.2, -0.15) is 4.98 Å². The van der Waals surface area contributed by atoms with E-state index in [4.69, 9.17) is 15.2 Å². The minimum Gasteiger partial charge on any atom is -0.476 e. The van der Waals surface area contributed by atoms with Gasteiger partial charge in [0.1, 0.15) is 5.82 Å². The Kier molecular flexibility index (Phi) is 4.85. The summed E-state index contributed by atoms with van der Waals surface area (Å²) in [7, 11) is 1.67. The Morgan fingerprint density at radius 3 is 2.88 bits per heavy atom. The van der Waals surface area contributed by atoms with Crippen LogP contribution in [0.25, 0.3) is 0 Å². The number of anilines is 2. The van der Waals surface area contributed by atoms with Gasteiger partial charge in [0.25, 0.3) is 0 Å². The zero-order chi connectivity index (χ0) is 12.0. The highest BCUT2D eigenvalue weighted by Gasteiger charge is 2.06. The highest BCUT2D eigenvalue weighted by molar-refractivity contribution is 5.53. The van der Waals surface area contributed by atoms with Crippen LogP contribution >= 0.6 is 0 Å². The van der Waals surface area contributed by atoms with Gasteiger partial charge in [-0.3, -0.25) is 0 Å². The maximum Gasteiger partial charge on any atom is 0.239 e. The lowest BCUT2D eigenvalue weighted by molar-refractivity contribution is 0.190. The molecule has 0 aliphatic rings. The summed E-state index contributed by atoms with van der Waals surface area (Å²) in [6, 6.07) is 3.79. The molecule has 3 N–H and O–H groups in total. The van der Waals surface area contributed by atoms with Gasteiger partial charge in [-0.1, -0.05) is 0 Å². The summed E-state index contributed by atoms with van der Waals surface area (Å²) < 4.78 is 10.3. The van der Waals surface area contributed by atoms with E-state index in [0.29, 0.717) is 24.8 Å². The van der Waals surface area contributed by atoms with Gasteiger partial charge >= 0.3 is 0 Å². The van der Waals surface area contributed by atoms with Crippen LogP contribution in [0.1, 0.15) is 13.8 Å². The molecule has 0 saturated carbocycles. The third-order valence-corrected chi connectivity index (χ3v) is 1.98. The molecule has 90 valence electrons. The summed E-state index contributed by atoms with van der Waals surface area (Å²) in [5.41, 5.74) is 6.27. The summed E-state index contributed by atoms with van der Waals surface area (Å²) >= 11 is 0. The van der Waals surface area contributed by atoms with Crippen molar-refractivity contribution in [3.05, 3.63) is 12.1 Å². The zero-order valence-electron chi connectivity index (χ0n) is 9.99. The van der Waals surface area contributed by atoms with Crippen LogP contribution in [0.15, 0.2) is 12.1 Å². The number of methoxy groups -OCH3 is 1. The average molecular weight is 225 g/mol. The molecule has 16 heavy (non-hydrogen) atoms. The fourth-order valence-electron chi connectivity index (χ4n) is 1.33. The first-order chi connectivity index (χ1) is 7.67. The molecule has 0 aromatic carbocycles. The Hall–Kier alpha value is -1.49. The highest BCUT2D eigenvalue weighted by atomic mass is 16.5. The van der Waals surface area contributed by atoms with E-state index in [9.17, 15) is 0 Å². The predicted octanol–water partition coefficient (Wildman–Crippen LogP) is 1.51. The van der Waals surface area contributed by atoms with Crippen LogP contribution in [0.2, 0.25) is 0 Å². The van der Waals surface area contributed by atoms with E-state index in [2.05, 4.69) is 10.3 Å². The number of ether oxygens (including phenoxy) is 2. The minimum absolute atomic E-state index is 0.190. The lowest BCUT2D eigenvalue weighted by Crippen LogP contribution is -2.21. The second-order valence-corrected chi connectivity index (χ2v) is 3.52. The number of nitrogens with two attached hydrogens (primary N) is 1. The van der Waals surface area contributed by atoms with Crippen LogP contribution in [-0.2, 0) is 4.74 Å². The summed E-state index contributed by atoms with van der Waals surface area (Å²) in [5.74, 6) is 1.21. The van der Waals surface area contributed by atoms with E-state index < -0.39 is 0 Å². The summed E-state index contributed by atoms with van der Waals surface area (Å²) in [6.07, 6.45) is 0. The number of pyridine rings is 1. The van der Waals surface area contributed by atoms with Crippen molar-refractivity contribution in [3.8, 4) is 5.88 Å². The van der Waals surface area contributed by atoms with Crippen molar-refractivity contribution in [2.75, 3.05) is 31.4 Å². The van der Waals surface area contributed by atoms with Crippen molar-refractivity contribution in [2.24, 2.45) is 0 Å². The van der Waals surface area contributed by atoms with E-state index >= 15 is 0 Å². The molecule has 1 heterocycles. The molecule has 0 saturated heterocycles. The summed E-state index contributed by atoms with van der Waals surface area (Å²) in [5, 5.41) is 3.20. The SMILES string of the molecule is CCOc1nc(NC(C)COC)ccc1N. The average Bonchev–Trinajstić information content (AvgIpc) is 2.24. The number of nitrogens with zero attached hydrogens (tertiary/aromatic N) is 1. The molecular weight excluding hydrogens is 206 g/mol. The quantitative estimate of drug-likeness (QED) is 0.768. The maximum absolute atomic E-state index is 5.73. The lowest BCUT2D eigenvalue weighted by Gasteiger charge is -2.14. The van der Waals surface area contributed by atoms with Gasteiger partial charge < -0.3 is 20.5 Å². The van der Waals surface area contributed by atoms with Gasteiger partial charge in [-0.15, -0.1) is 0 Å². The topological polar surface area (TPSA) is 69.4 Å². The van der Waals surface area contributed by atoms with Crippen molar-refractivity contribution in [3.63, 3.8) is 0 Å². The zero-order valence-corrected chi connectivity index (χ0v) is 9.99. The highest BCUT2D eigenvalue weighted by Crippen LogP contribution is 2.21. The van der Waals surface area contributed by atoms with Crippen LogP contribution < -0.4 is 15.8 Å². The Balaban J connectivity index is 2.70. The van der Waals surface area contributed by atoms with E-state index in [-0.39, 0.29) is 6.04 Å². The number of aromatic nitrogens is 1.